The molecule has 3 rings (SSSR count). The Hall–Kier alpha value is -2.80. The van der Waals surface area contributed by atoms with Crippen LogP contribution in [0.2, 0.25) is 5.15 Å². The topological polar surface area (TPSA) is 89.2 Å². The van der Waals surface area contributed by atoms with Gasteiger partial charge in [-0.2, -0.15) is 5.10 Å². The molecule has 3 aromatic rings. The molecule has 8 heteroatoms. The molecule has 0 radical (unpaired) electrons. The van der Waals surface area contributed by atoms with Gasteiger partial charge >= 0.3 is 0 Å². The van der Waals surface area contributed by atoms with Crippen LogP contribution in [0.4, 0.5) is 0 Å². The second kappa shape index (κ2) is 6.13. The van der Waals surface area contributed by atoms with Crippen molar-refractivity contribution < 1.29 is 4.79 Å². The molecule has 3 heterocycles. The van der Waals surface area contributed by atoms with Gasteiger partial charge in [0.25, 0.3) is 11.5 Å². The molecule has 0 saturated heterocycles. The van der Waals surface area contributed by atoms with Crippen LogP contribution in [0.3, 0.4) is 0 Å². The highest BCUT2D eigenvalue weighted by Crippen LogP contribution is 2.11. The van der Waals surface area contributed by atoms with Crippen LogP contribution in [0.5, 0.6) is 0 Å². The van der Waals surface area contributed by atoms with E-state index in [0.717, 1.165) is 0 Å². The molecular weight excluding hydrogens is 318 g/mol. The summed E-state index contributed by atoms with van der Waals surface area (Å²) in [7, 11) is 0. The van der Waals surface area contributed by atoms with Crippen molar-refractivity contribution in [3.63, 3.8) is 0 Å². The molecule has 0 aliphatic carbocycles. The number of hydrogen-bond acceptors (Lipinski definition) is 5. The lowest BCUT2D eigenvalue weighted by atomic mass is 10.2. The number of fused-ring (bicyclic) bond motifs is 1. The maximum Gasteiger partial charge on any atom is 0.270 e. The molecule has 1 N–H and O–H groups in total. The molecule has 0 spiro atoms. The van der Waals surface area contributed by atoms with Gasteiger partial charge in [-0.3, -0.25) is 14.0 Å². The third kappa shape index (κ3) is 3.19. The number of hydrogen-bond donors (Lipinski definition) is 1. The number of carbonyl (C=O) groups excluding carboxylic acids is 1. The van der Waals surface area contributed by atoms with E-state index >= 15 is 0 Å². The number of nitrogens with one attached hydrogen (secondary N) is 1. The number of rotatable bonds is 3. The Morgan fingerprint density at radius 3 is 2.83 bits per heavy atom. The summed E-state index contributed by atoms with van der Waals surface area (Å²) in [4.78, 5) is 28.5. The molecule has 0 fully saturated rings. The summed E-state index contributed by atoms with van der Waals surface area (Å²) in [5.74, 6) is -0.460. The standard InChI is InChI=1S/C15H12ClN5O2/c1-9(10-5-6-12(16)20-19-10)17-15(23)11-8-14(22)21-7-3-2-4-13(21)18-11/h2-9H,1H3,(H,17,23). The summed E-state index contributed by atoms with van der Waals surface area (Å²) in [6, 6.07) is 9.18. The maximum atomic E-state index is 12.3. The number of amides is 1. The van der Waals surface area contributed by atoms with Gasteiger partial charge in [0.1, 0.15) is 11.3 Å². The van der Waals surface area contributed by atoms with Gasteiger partial charge in [-0.1, -0.05) is 17.7 Å². The molecule has 0 aromatic carbocycles. The number of nitrogens with zero attached hydrogens (tertiary/aromatic N) is 4. The molecule has 0 aliphatic heterocycles. The van der Waals surface area contributed by atoms with Crippen LogP contribution in [-0.4, -0.2) is 25.5 Å². The van der Waals surface area contributed by atoms with Crippen molar-refractivity contribution in [1.29, 1.82) is 0 Å². The lowest BCUT2D eigenvalue weighted by Gasteiger charge is -2.12. The third-order valence-corrected chi connectivity index (χ3v) is 3.45. The lowest BCUT2D eigenvalue weighted by molar-refractivity contribution is 0.0934. The first-order valence-corrected chi connectivity index (χ1v) is 7.21. The normalized spacial score (nSPS) is 12.1. The van der Waals surface area contributed by atoms with E-state index in [9.17, 15) is 9.59 Å². The molecule has 0 saturated carbocycles. The highest BCUT2D eigenvalue weighted by atomic mass is 35.5. The van der Waals surface area contributed by atoms with Crippen LogP contribution < -0.4 is 10.9 Å². The van der Waals surface area contributed by atoms with Crippen LogP contribution in [-0.2, 0) is 0 Å². The fourth-order valence-electron chi connectivity index (χ4n) is 2.07. The first-order chi connectivity index (χ1) is 11.0. The molecule has 116 valence electrons. The van der Waals surface area contributed by atoms with E-state index in [1.54, 1.807) is 43.5 Å². The summed E-state index contributed by atoms with van der Waals surface area (Å²) in [5, 5.41) is 10.6. The van der Waals surface area contributed by atoms with Crippen molar-refractivity contribution in [3.05, 3.63) is 69.5 Å². The fourth-order valence-corrected chi connectivity index (χ4v) is 2.17. The average Bonchev–Trinajstić information content (AvgIpc) is 2.55. The number of pyridine rings is 1. The zero-order valence-electron chi connectivity index (χ0n) is 12.1. The molecule has 1 amide bonds. The van der Waals surface area contributed by atoms with Gasteiger partial charge in [-0.15, -0.1) is 5.10 Å². The highest BCUT2D eigenvalue weighted by molar-refractivity contribution is 6.29. The molecular formula is C15H12ClN5O2. The molecule has 7 nitrogen and oxygen atoms in total. The second-order valence-electron chi connectivity index (χ2n) is 4.88. The van der Waals surface area contributed by atoms with E-state index in [-0.39, 0.29) is 16.4 Å². The van der Waals surface area contributed by atoms with E-state index in [4.69, 9.17) is 11.6 Å². The van der Waals surface area contributed by atoms with Gasteiger partial charge in [0, 0.05) is 12.3 Å². The zero-order valence-corrected chi connectivity index (χ0v) is 12.9. The fraction of sp³-hybridized carbons (Fsp3) is 0.133. The van der Waals surface area contributed by atoms with E-state index in [1.807, 2.05) is 0 Å². The molecule has 1 atom stereocenters. The molecule has 0 bridgehead atoms. The summed E-state index contributed by atoms with van der Waals surface area (Å²) in [5.41, 5.74) is 0.694. The monoisotopic (exact) mass is 329 g/mol. The van der Waals surface area contributed by atoms with E-state index in [2.05, 4.69) is 20.5 Å². The van der Waals surface area contributed by atoms with Crippen molar-refractivity contribution in [3.8, 4) is 0 Å². The van der Waals surface area contributed by atoms with Crippen molar-refractivity contribution in [2.24, 2.45) is 0 Å². The average molecular weight is 330 g/mol. The van der Waals surface area contributed by atoms with Crippen LogP contribution in [0, 0.1) is 0 Å². The van der Waals surface area contributed by atoms with Crippen molar-refractivity contribution in [2.75, 3.05) is 0 Å². The Bertz CT molecular complexity index is 923. The van der Waals surface area contributed by atoms with Crippen LogP contribution in [0.25, 0.3) is 5.65 Å². The van der Waals surface area contributed by atoms with E-state index in [1.165, 1.54) is 10.5 Å². The highest BCUT2D eigenvalue weighted by Gasteiger charge is 2.15. The first-order valence-electron chi connectivity index (χ1n) is 6.83. The van der Waals surface area contributed by atoms with E-state index in [0.29, 0.717) is 11.3 Å². The van der Waals surface area contributed by atoms with Gasteiger partial charge in [0.05, 0.1) is 11.7 Å². The Kier molecular flexibility index (Phi) is 4.03. The van der Waals surface area contributed by atoms with Crippen LogP contribution in [0.1, 0.15) is 29.1 Å². The van der Waals surface area contributed by atoms with Gasteiger partial charge in [-0.05, 0) is 31.2 Å². The zero-order chi connectivity index (χ0) is 16.4. The van der Waals surface area contributed by atoms with Crippen molar-refractivity contribution in [1.82, 2.24) is 24.9 Å². The predicted octanol–water partition coefficient (Wildman–Crippen LogP) is 1.63. The SMILES string of the molecule is CC(NC(=O)c1cc(=O)n2ccccc2n1)c1ccc(Cl)nn1. The minimum absolute atomic E-state index is 0.0509. The molecule has 23 heavy (non-hydrogen) atoms. The summed E-state index contributed by atoms with van der Waals surface area (Å²) in [6.07, 6.45) is 1.60. The summed E-state index contributed by atoms with van der Waals surface area (Å²) >= 11 is 5.68. The van der Waals surface area contributed by atoms with Crippen molar-refractivity contribution >= 4 is 23.2 Å². The number of halogens is 1. The van der Waals surface area contributed by atoms with Crippen LogP contribution in [0.15, 0.2) is 47.4 Å². The minimum Gasteiger partial charge on any atom is -0.343 e. The largest absolute Gasteiger partial charge is 0.343 e. The Labute approximate surface area is 136 Å². The van der Waals surface area contributed by atoms with Gasteiger partial charge < -0.3 is 5.32 Å². The summed E-state index contributed by atoms with van der Waals surface area (Å²) < 4.78 is 1.37. The lowest BCUT2D eigenvalue weighted by Crippen LogP contribution is -2.30. The Morgan fingerprint density at radius 1 is 1.26 bits per heavy atom. The molecule has 3 aromatic heterocycles. The van der Waals surface area contributed by atoms with Gasteiger partial charge in [0.2, 0.25) is 0 Å². The number of aromatic nitrogens is 4. The Balaban J connectivity index is 1.85. The summed E-state index contributed by atoms with van der Waals surface area (Å²) in [6.45, 7) is 1.75. The Morgan fingerprint density at radius 2 is 2.09 bits per heavy atom. The molecule has 0 aliphatic rings. The van der Waals surface area contributed by atoms with Crippen LogP contribution >= 0.6 is 11.6 Å². The number of carbonyl (C=O) groups is 1. The molecule has 1 unspecified atom stereocenters. The van der Waals surface area contributed by atoms with Gasteiger partial charge in [-0.25, -0.2) is 4.98 Å². The maximum absolute atomic E-state index is 12.3. The van der Waals surface area contributed by atoms with Crippen molar-refractivity contribution in [2.45, 2.75) is 13.0 Å². The first kappa shape index (κ1) is 15.1. The van der Waals surface area contributed by atoms with E-state index < -0.39 is 11.9 Å². The smallest absolute Gasteiger partial charge is 0.270 e. The quantitative estimate of drug-likeness (QED) is 0.788. The minimum atomic E-state index is -0.460. The predicted molar refractivity (Wildman–Crippen MR) is 84.4 cm³/mol. The third-order valence-electron chi connectivity index (χ3n) is 3.25. The van der Waals surface area contributed by atoms with Gasteiger partial charge in [0.15, 0.2) is 5.15 Å². The second-order valence-corrected chi connectivity index (χ2v) is 5.27.